The molecular weight excluding hydrogens is 579 g/mol. The molecule has 236 valence electrons. The first-order valence-corrected chi connectivity index (χ1v) is 12.8. The van der Waals surface area contributed by atoms with E-state index in [4.69, 9.17) is 9.47 Å². The van der Waals surface area contributed by atoms with E-state index in [9.17, 15) is 50.1 Å². The standard InChI is InChI=1S/C25H28FN3O12.CH5N/c1-11(30)18(32)16-12(9-29(22(16)36)25(39)3-2-15(31)27-24(25)38)23(37)41-10-14-17(26)19(33)13(20(34)21(14)35)8-28-4-6-40-7-5-28;1-2/h30,32-35,37,39H,1-10H2,(H,27,31,38);2H2,1H3/b18-16-,23-12+;. The van der Waals surface area contributed by atoms with E-state index in [1.807, 2.05) is 5.32 Å². The number of amides is 3. The van der Waals surface area contributed by atoms with Crippen LogP contribution in [0.4, 0.5) is 4.39 Å². The van der Waals surface area contributed by atoms with Crippen LogP contribution in [0.2, 0.25) is 0 Å². The van der Waals surface area contributed by atoms with Crippen LogP contribution in [-0.4, -0.2) is 109 Å². The highest BCUT2D eigenvalue weighted by Gasteiger charge is 2.53. The quantitative estimate of drug-likeness (QED) is 0.0618. The number of morpholine rings is 1. The monoisotopic (exact) mass is 612 g/mol. The largest absolute Gasteiger partial charge is 0.505 e. The van der Waals surface area contributed by atoms with E-state index in [2.05, 4.69) is 12.3 Å². The van der Waals surface area contributed by atoms with Crippen molar-refractivity contribution in [2.24, 2.45) is 5.73 Å². The Morgan fingerprint density at radius 3 is 2.26 bits per heavy atom. The molecule has 10 N–H and O–H groups in total. The first kappa shape index (κ1) is 32.9. The van der Waals surface area contributed by atoms with Crippen molar-refractivity contribution in [2.45, 2.75) is 31.7 Å². The third-order valence-electron chi connectivity index (χ3n) is 7.00. The number of aliphatic hydroxyl groups excluding tert-OH is 3. The molecule has 4 rings (SSSR count). The summed E-state index contributed by atoms with van der Waals surface area (Å²) < 4.78 is 25.4. The van der Waals surface area contributed by atoms with Crippen LogP contribution in [0.15, 0.2) is 35.2 Å². The molecule has 3 fully saturated rings. The Hall–Kier alpha value is -4.58. The minimum Gasteiger partial charge on any atom is -0.505 e. The van der Waals surface area contributed by atoms with Crippen LogP contribution in [-0.2, 0) is 37.0 Å². The van der Waals surface area contributed by atoms with Crippen molar-refractivity contribution >= 4 is 17.7 Å². The topological polar surface area (TPSA) is 256 Å². The van der Waals surface area contributed by atoms with E-state index < -0.39 is 100 Å². The number of hydrogen-bond acceptors (Lipinski definition) is 14. The fourth-order valence-corrected chi connectivity index (χ4v) is 4.65. The molecule has 3 amide bonds. The first-order valence-electron chi connectivity index (χ1n) is 12.8. The lowest BCUT2D eigenvalue weighted by molar-refractivity contribution is -0.177. The van der Waals surface area contributed by atoms with Crippen molar-refractivity contribution < 1.29 is 64.0 Å². The number of nitrogens with one attached hydrogen (secondary N) is 1. The van der Waals surface area contributed by atoms with Crippen LogP contribution >= 0.6 is 0 Å². The molecule has 1 aromatic carbocycles. The number of ether oxygens (including phenoxy) is 2. The number of nitrogens with two attached hydrogens (primary N) is 1. The Bertz CT molecular complexity index is 1360. The third-order valence-corrected chi connectivity index (χ3v) is 7.00. The molecule has 0 aliphatic carbocycles. The highest BCUT2D eigenvalue weighted by Crippen LogP contribution is 2.43. The summed E-state index contributed by atoms with van der Waals surface area (Å²) in [5.41, 5.74) is -0.570. The van der Waals surface area contributed by atoms with Crippen molar-refractivity contribution in [1.82, 2.24) is 15.1 Å². The molecule has 0 spiro atoms. The van der Waals surface area contributed by atoms with Crippen LogP contribution in [0.5, 0.6) is 17.2 Å². The van der Waals surface area contributed by atoms with Gasteiger partial charge in [-0.2, -0.15) is 0 Å². The van der Waals surface area contributed by atoms with E-state index in [1.54, 1.807) is 4.90 Å². The number of phenolic OH excluding ortho intramolecular Hbond substituents is 3. The average Bonchev–Trinajstić information content (AvgIpc) is 3.34. The summed E-state index contributed by atoms with van der Waals surface area (Å²) in [6.45, 7) is 2.79. The normalized spacial score (nSPS) is 23.3. The van der Waals surface area contributed by atoms with Gasteiger partial charge in [0.25, 0.3) is 17.8 Å². The molecule has 0 bridgehead atoms. The summed E-state index contributed by atoms with van der Waals surface area (Å²) in [5.74, 6) is -10.7. The maximum absolute atomic E-state index is 15.1. The van der Waals surface area contributed by atoms with E-state index >= 15 is 4.39 Å². The number of rotatable bonds is 7. The number of benzene rings is 1. The molecule has 43 heavy (non-hydrogen) atoms. The van der Waals surface area contributed by atoms with E-state index in [1.165, 1.54) is 7.05 Å². The number of carbonyl (C=O) groups excluding carboxylic acids is 3. The average molecular weight is 613 g/mol. The van der Waals surface area contributed by atoms with Gasteiger partial charge in [0.15, 0.2) is 34.6 Å². The molecule has 17 heteroatoms. The molecular formula is C26H33FN4O12. The summed E-state index contributed by atoms with van der Waals surface area (Å²) in [7, 11) is 1.50. The third kappa shape index (κ3) is 6.29. The first-order chi connectivity index (χ1) is 20.3. The molecule has 1 aromatic rings. The van der Waals surface area contributed by atoms with Crippen molar-refractivity contribution in [3.8, 4) is 17.2 Å². The molecule has 3 saturated heterocycles. The molecule has 0 saturated carbocycles. The predicted octanol–water partition coefficient (Wildman–Crippen LogP) is -0.513. The molecule has 1 atom stereocenters. The van der Waals surface area contributed by atoms with Gasteiger partial charge in [-0.25, -0.2) is 4.39 Å². The molecule has 3 aliphatic heterocycles. The van der Waals surface area contributed by atoms with Gasteiger partial charge in [0.05, 0.1) is 42.0 Å². The summed E-state index contributed by atoms with van der Waals surface area (Å²) in [6.07, 6.45) is -0.876. The van der Waals surface area contributed by atoms with E-state index in [-0.39, 0.29) is 18.5 Å². The Balaban J connectivity index is 0.00000248. The van der Waals surface area contributed by atoms with Crippen molar-refractivity contribution in [3.05, 3.63) is 52.1 Å². The van der Waals surface area contributed by atoms with Gasteiger partial charge in [0.1, 0.15) is 6.61 Å². The molecule has 16 nitrogen and oxygen atoms in total. The molecule has 3 aliphatic rings. The van der Waals surface area contributed by atoms with E-state index in [0.29, 0.717) is 31.2 Å². The number of phenols is 3. The number of likely N-dealkylation sites (tertiary alicyclic amines) is 1. The van der Waals surface area contributed by atoms with Crippen LogP contribution < -0.4 is 11.1 Å². The Kier molecular flexibility index (Phi) is 10.1. The molecule has 0 radical (unpaired) electrons. The van der Waals surface area contributed by atoms with Crippen LogP contribution in [0, 0.1) is 5.82 Å². The highest BCUT2D eigenvalue weighted by atomic mass is 19.1. The highest BCUT2D eigenvalue weighted by molar-refractivity contribution is 6.08. The number of carbonyl (C=O) groups is 3. The lowest BCUT2D eigenvalue weighted by Crippen LogP contribution is -2.63. The van der Waals surface area contributed by atoms with Crippen molar-refractivity contribution in [2.75, 3.05) is 39.9 Å². The SMILES string of the molecule is C=C(O)/C(O)=C1/C(=O)N(C2(O)CCC(=O)NC2=O)C/C1=C(/O)OCc1c(O)c(O)c(CN2CCOCC2)c(O)c1F.CN. The second-order valence-corrected chi connectivity index (χ2v) is 9.53. The maximum Gasteiger partial charge on any atom is 0.283 e. The van der Waals surface area contributed by atoms with Crippen LogP contribution in [0.25, 0.3) is 0 Å². The number of nitrogens with zero attached hydrogens (tertiary/aromatic N) is 2. The number of aromatic hydroxyl groups is 3. The van der Waals surface area contributed by atoms with Gasteiger partial charge in [-0.1, -0.05) is 6.58 Å². The molecule has 0 aromatic heterocycles. The van der Waals surface area contributed by atoms with Gasteiger partial charge in [-0.15, -0.1) is 0 Å². The fourth-order valence-electron chi connectivity index (χ4n) is 4.65. The predicted molar refractivity (Wildman–Crippen MR) is 143 cm³/mol. The van der Waals surface area contributed by atoms with Gasteiger partial charge in [-0.3, -0.25) is 29.5 Å². The summed E-state index contributed by atoms with van der Waals surface area (Å²) >= 11 is 0. The lowest BCUT2D eigenvalue weighted by Gasteiger charge is -2.37. The second kappa shape index (κ2) is 13.2. The maximum atomic E-state index is 15.1. The van der Waals surface area contributed by atoms with Crippen LogP contribution in [0.3, 0.4) is 0 Å². The van der Waals surface area contributed by atoms with Gasteiger partial charge >= 0.3 is 0 Å². The van der Waals surface area contributed by atoms with Gasteiger partial charge in [-0.05, 0) is 7.05 Å². The van der Waals surface area contributed by atoms with Crippen molar-refractivity contribution in [3.63, 3.8) is 0 Å². The minimum absolute atomic E-state index is 0.111. The minimum atomic E-state index is -2.59. The van der Waals surface area contributed by atoms with Crippen LogP contribution in [0.1, 0.15) is 24.0 Å². The summed E-state index contributed by atoms with van der Waals surface area (Å²) in [4.78, 5) is 39.3. The number of aliphatic hydroxyl groups is 4. The zero-order valence-electron chi connectivity index (χ0n) is 23.1. The Morgan fingerprint density at radius 1 is 1.07 bits per heavy atom. The van der Waals surface area contributed by atoms with Gasteiger partial charge in [0, 0.05) is 32.5 Å². The lowest BCUT2D eigenvalue weighted by atomic mass is 10.00. The number of halogens is 1. The number of hydrogen-bond donors (Lipinski definition) is 9. The zero-order valence-corrected chi connectivity index (χ0v) is 23.1. The van der Waals surface area contributed by atoms with Gasteiger partial charge < -0.3 is 51.0 Å². The zero-order chi connectivity index (χ0) is 32.2. The number of piperidine rings is 1. The number of imide groups is 1. The second-order valence-electron chi connectivity index (χ2n) is 9.53. The Labute approximate surface area is 243 Å². The molecule has 3 heterocycles. The molecule has 1 unspecified atom stereocenters. The fraction of sp³-hybridized carbons (Fsp3) is 0.423. The summed E-state index contributed by atoms with van der Waals surface area (Å²) in [6, 6.07) is 0. The smallest absolute Gasteiger partial charge is 0.283 e. The van der Waals surface area contributed by atoms with Gasteiger partial charge in [0.2, 0.25) is 11.6 Å². The summed E-state index contributed by atoms with van der Waals surface area (Å²) in [5, 5.41) is 74.8. The van der Waals surface area contributed by atoms with Crippen molar-refractivity contribution in [1.29, 1.82) is 0 Å². The van der Waals surface area contributed by atoms with E-state index in [0.717, 1.165) is 0 Å². The Morgan fingerprint density at radius 2 is 1.67 bits per heavy atom.